The van der Waals surface area contributed by atoms with E-state index in [1.54, 1.807) is 39.2 Å². The maximum absolute atomic E-state index is 12.8. The number of hydrogen-bond donors (Lipinski definition) is 2. The van der Waals surface area contributed by atoms with Gasteiger partial charge >= 0.3 is 6.61 Å². The largest absolute Gasteiger partial charge is 0.490 e. The molecular weight excluding hydrogens is 497 g/mol. The van der Waals surface area contributed by atoms with Crippen LogP contribution in [0.25, 0.3) is 0 Å². The van der Waals surface area contributed by atoms with E-state index in [4.69, 9.17) is 4.74 Å². The summed E-state index contributed by atoms with van der Waals surface area (Å²) in [5.41, 5.74) is 0.454. The Morgan fingerprint density at radius 1 is 1.24 bits per heavy atom. The summed E-state index contributed by atoms with van der Waals surface area (Å²) in [7, 11) is 3.32. The van der Waals surface area contributed by atoms with E-state index in [-0.39, 0.29) is 54.5 Å². The molecule has 0 unspecified atom stereocenters. The molecule has 0 aliphatic carbocycles. The minimum absolute atomic E-state index is 0. The third-order valence-electron chi connectivity index (χ3n) is 3.56. The van der Waals surface area contributed by atoms with Crippen molar-refractivity contribution < 1.29 is 23.0 Å². The number of carbonyl (C=O) groups is 1. The molecule has 166 valence electrons. The van der Waals surface area contributed by atoms with Gasteiger partial charge in [0.15, 0.2) is 17.5 Å². The van der Waals surface area contributed by atoms with Crippen molar-refractivity contribution in [2.45, 2.75) is 33.9 Å². The number of benzene rings is 1. The zero-order chi connectivity index (χ0) is 21.1. The maximum atomic E-state index is 12.8. The summed E-state index contributed by atoms with van der Waals surface area (Å²) in [5, 5.41) is 6.09. The van der Waals surface area contributed by atoms with Gasteiger partial charge in [-0.25, -0.2) is 4.99 Å². The second kappa shape index (κ2) is 14.2. The van der Waals surface area contributed by atoms with Crippen molar-refractivity contribution >= 4 is 35.8 Å². The van der Waals surface area contributed by atoms with Crippen LogP contribution in [-0.2, 0) is 11.3 Å². The molecule has 1 amide bonds. The molecule has 1 aromatic rings. The van der Waals surface area contributed by atoms with Crippen LogP contribution < -0.4 is 20.1 Å². The Hall–Kier alpha value is -1.85. The van der Waals surface area contributed by atoms with Gasteiger partial charge in [-0.1, -0.05) is 26.0 Å². The number of carbonyl (C=O) groups excluding carboxylic acids is 1. The lowest BCUT2D eigenvalue weighted by molar-refractivity contribution is -0.127. The molecule has 0 fully saturated rings. The SMILES string of the molecule is CCOc1cccc(CN=C(NCC(=O)N(C)C)NCC(C)C)c1OC(F)F.I. The van der Waals surface area contributed by atoms with Gasteiger partial charge in [0, 0.05) is 26.2 Å². The first-order valence-corrected chi connectivity index (χ1v) is 9.16. The van der Waals surface area contributed by atoms with E-state index in [2.05, 4.69) is 20.4 Å². The number of hydrogen-bond acceptors (Lipinski definition) is 4. The number of amides is 1. The normalized spacial score (nSPS) is 11.1. The molecule has 0 aliphatic heterocycles. The number of alkyl halides is 2. The molecule has 0 radical (unpaired) electrons. The van der Waals surface area contributed by atoms with Crippen LogP contribution in [0.2, 0.25) is 0 Å². The standard InChI is InChI=1S/C19H30F2N4O3.HI/c1-6-27-15-9-7-8-14(17(15)28-18(20)21)11-23-19(22-10-13(2)3)24-12-16(26)25(4)5;/h7-9,13,18H,6,10-12H2,1-5H3,(H2,22,23,24);1H. The van der Waals surface area contributed by atoms with Crippen LogP contribution in [-0.4, -0.2) is 57.2 Å². The van der Waals surface area contributed by atoms with Crippen LogP contribution in [0.4, 0.5) is 8.78 Å². The topological polar surface area (TPSA) is 75.2 Å². The van der Waals surface area contributed by atoms with Gasteiger partial charge in [-0.3, -0.25) is 4.79 Å². The number of aliphatic imine (C=N–C) groups is 1. The number of guanidine groups is 1. The highest BCUT2D eigenvalue weighted by Gasteiger charge is 2.16. The van der Waals surface area contributed by atoms with Crippen molar-refractivity contribution in [1.29, 1.82) is 0 Å². The first-order valence-electron chi connectivity index (χ1n) is 9.16. The molecule has 0 bridgehead atoms. The Bertz CT molecular complexity index is 658. The Morgan fingerprint density at radius 3 is 2.48 bits per heavy atom. The highest BCUT2D eigenvalue weighted by atomic mass is 127. The number of halogens is 3. The molecule has 2 N–H and O–H groups in total. The van der Waals surface area contributed by atoms with Crippen LogP contribution in [0, 0.1) is 5.92 Å². The Kier molecular flexibility index (Phi) is 13.3. The van der Waals surface area contributed by atoms with E-state index in [0.717, 1.165) is 0 Å². The third-order valence-corrected chi connectivity index (χ3v) is 3.56. The van der Waals surface area contributed by atoms with Crippen molar-refractivity contribution in [2.24, 2.45) is 10.9 Å². The molecule has 0 atom stereocenters. The number of nitrogens with zero attached hydrogens (tertiary/aromatic N) is 2. The maximum Gasteiger partial charge on any atom is 0.387 e. The van der Waals surface area contributed by atoms with Crippen molar-refractivity contribution in [1.82, 2.24) is 15.5 Å². The summed E-state index contributed by atoms with van der Waals surface area (Å²) in [6, 6.07) is 4.91. The summed E-state index contributed by atoms with van der Waals surface area (Å²) in [5.74, 6) is 0.863. The molecule has 0 spiro atoms. The summed E-state index contributed by atoms with van der Waals surface area (Å²) in [6.45, 7) is 3.97. The molecule has 0 heterocycles. The summed E-state index contributed by atoms with van der Waals surface area (Å²) in [4.78, 5) is 17.7. The van der Waals surface area contributed by atoms with Crippen molar-refractivity contribution in [2.75, 3.05) is 33.8 Å². The van der Waals surface area contributed by atoms with Gasteiger partial charge in [-0.2, -0.15) is 8.78 Å². The minimum Gasteiger partial charge on any atom is -0.490 e. The van der Waals surface area contributed by atoms with Crippen molar-refractivity contribution in [3.63, 3.8) is 0 Å². The van der Waals surface area contributed by atoms with E-state index in [1.807, 2.05) is 13.8 Å². The second-order valence-corrected chi connectivity index (χ2v) is 6.64. The Morgan fingerprint density at radius 2 is 1.93 bits per heavy atom. The zero-order valence-electron chi connectivity index (χ0n) is 17.5. The van der Waals surface area contributed by atoms with Crippen LogP contribution in [0.15, 0.2) is 23.2 Å². The van der Waals surface area contributed by atoms with Crippen LogP contribution in [0.3, 0.4) is 0 Å². The van der Waals surface area contributed by atoms with Crippen LogP contribution in [0.5, 0.6) is 11.5 Å². The fourth-order valence-electron chi connectivity index (χ4n) is 2.13. The smallest absolute Gasteiger partial charge is 0.387 e. The second-order valence-electron chi connectivity index (χ2n) is 6.64. The number of rotatable bonds is 10. The number of ether oxygens (including phenoxy) is 2. The first kappa shape index (κ1) is 27.1. The summed E-state index contributed by atoms with van der Waals surface area (Å²) < 4.78 is 35.7. The van der Waals surface area contributed by atoms with Gasteiger partial charge in [0.1, 0.15) is 0 Å². The molecule has 1 aromatic carbocycles. The summed E-state index contributed by atoms with van der Waals surface area (Å²) >= 11 is 0. The van der Waals surface area contributed by atoms with E-state index < -0.39 is 6.61 Å². The number of para-hydroxylation sites is 1. The molecule has 10 heteroatoms. The van der Waals surface area contributed by atoms with Gasteiger partial charge < -0.3 is 25.0 Å². The molecule has 0 saturated carbocycles. The number of nitrogens with one attached hydrogen (secondary N) is 2. The highest BCUT2D eigenvalue weighted by Crippen LogP contribution is 2.33. The van der Waals surface area contributed by atoms with Gasteiger partial charge in [-0.15, -0.1) is 24.0 Å². The molecular formula is C19H31F2IN4O3. The van der Waals surface area contributed by atoms with Crippen molar-refractivity contribution in [3.8, 4) is 11.5 Å². The number of likely N-dealkylation sites (N-methyl/N-ethyl adjacent to an activating group) is 1. The fraction of sp³-hybridized carbons (Fsp3) is 0.579. The lowest BCUT2D eigenvalue weighted by atomic mass is 10.2. The van der Waals surface area contributed by atoms with Crippen LogP contribution >= 0.6 is 24.0 Å². The lowest BCUT2D eigenvalue weighted by Gasteiger charge is -2.17. The van der Waals surface area contributed by atoms with Gasteiger partial charge in [0.2, 0.25) is 5.91 Å². The fourth-order valence-corrected chi connectivity index (χ4v) is 2.13. The predicted octanol–water partition coefficient (Wildman–Crippen LogP) is 3.08. The highest BCUT2D eigenvalue weighted by molar-refractivity contribution is 14.0. The molecule has 0 saturated heterocycles. The molecule has 0 aromatic heterocycles. The lowest BCUT2D eigenvalue weighted by Crippen LogP contribution is -2.44. The quantitative estimate of drug-likeness (QED) is 0.278. The average molecular weight is 528 g/mol. The Balaban J connectivity index is 0.00000784. The van der Waals surface area contributed by atoms with Gasteiger partial charge in [-0.05, 0) is 18.9 Å². The minimum atomic E-state index is -2.97. The molecule has 1 rings (SSSR count). The zero-order valence-corrected chi connectivity index (χ0v) is 19.8. The summed E-state index contributed by atoms with van der Waals surface area (Å²) in [6.07, 6.45) is 0. The van der Waals surface area contributed by atoms with E-state index in [0.29, 0.717) is 30.6 Å². The van der Waals surface area contributed by atoms with E-state index in [9.17, 15) is 13.6 Å². The Labute approximate surface area is 188 Å². The van der Waals surface area contributed by atoms with E-state index >= 15 is 0 Å². The van der Waals surface area contributed by atoms with Gasteiger partial charge in [0.05, 0.1) is 19.7 Å². The van der Waals surface area contributed by atoms with E-state index in [1.165, 1.54) is 4.90 Å². The van der Waals surface area contributed by atoms with Crippen molar-refractivity contribution in [3.05, 3.63) is 23.8 Å². The predicted molar refractivity (Wildman–Crippen MR) is 120 cm³/mol. The van der Waals surface area contributed by atoms with Crippen LogP contribution in [0.1, 0.15) is 26.3 Å². The third kappa shape index (κ3) is 10.5. The average Bonchev–Trinajstić information content (AvgIpc) is 2.62. The molecule has 0 aliphatic rings. The monoisotopic (exact) mass is 528 g/mol. The van der Waals surface area contributed by atoms with Gasteiger partial charge in [0.25, 0.3) is 0 Å². The molecule has 7 nitrogen and oxygen atoms in total. The molecule has 29 heavy (non-hydrogen) atoms. The first-order chi connectivity index (χ1) is 13.2.